The Morgan fingerprint density at radius 3 is 2.30 bits per heavy atom. The average molecular weight is 381 g/mol. The van der Waals surface area contributed by atoms with E-state index < -0.39 is 30.0 Å². The molecule has 0 bridgehead atoms. The van der Waals surface area contributed by atoms with Crippen molar-refractivity contribution >= 4 is 23.4 Å². The number of nitrogens with one attached hydrogen (secondary N) is 1. The average Bonchev–Trinajstić information content (AvgIpc) is 2.89. The Balaban J connectivity index is 2.71. The molecule has 1 amide bonds. The van der Waals surface area contributed by atoms with Gasteiger partial charge in [0.25, 0.3) is 0 Å². The Morgan fingerprint density at radius 1 is 1.19 bits per heavy atom. The summed E-state index contributed by atoms with van der Waals surface area (Å²) < 4.78 is 5.24. The summed E-state index contributed by atoms with van der Waals surface area (Å²) in [4.78, 5) is 46.7. The Kier molecular flexibility index (Phi) is 8.36. The molecule has 0 aliphatic heterocycles. The van der Waals surface area contributed by atoms with Crippen LogP contribution in [0.5, 0.6) is 0 Å². The number of aliphatic hydroxyl groups excluding tert-OH is 2. The quantitative estimate of drug-likeness (QED) is 0.406. The molecule has 8 heteroatoms. The predicted octanol–water partition coefficient (Wildman–Crippen LogP) is 1.34. The lowest BCUT2D eigenvalue weighted by Gasteiger charge is -2.29. The third-order valence-corrected chi connectivity index (χ3v) is 4.34. The summed E-state index contributed by atoms with van der Waals surface area (Å²) in [5.74, 6) is -2.94. The molecule has 1 aliphatic carbocycles. The highest BCUT2D eigenvalue weighted by Gasteiger charge is 2.30. The highest BCUT2D eigenvalue weighted by molar-refractivity contribution is 6.04. The maximum atomic E-state index is 12.0. The largest absolute Gasteiger partial charge is 0.510 e. The minimum absolute atomic E-state index is 0.0496. The molecule has 0 radical (unpaired) electrons. The van der Waals surface area contributed by atoms with Crippen LogP contribution in [0.25, 0.3) is 0 Å². The molecular weight excluding hydrogens is 354 g/mol. The van der Waals surface area contributed by atoms with Crippen LogP contribution in [0.2, 0.25) is 0 Å². The first-order chi connectivity index (χ1) is 12.5. The number of hydrogen-bond donors (Lipinski definition) is 3. The van der Waals surface area contributed by atoms with Crippen LogP contribution < -0.4 is 5.32 Å². The van der Waals surface area contributed by atoms with E-state index >= 15 is 0 Å². The number of amides is 1. The Bertz CT molecular complexity index is 663. The molecule has 3 atom stereocenters. The SMILES string of the molecule is CC(=O)CC(OC(=O)/C=C/C(=O)NC1=C(O)CCC1=O)C(C)C(O)C(C)C. The fourth-order valence-electron chi connectivity index (χ4n) is 2.73. The smallest absolute Gasteiger partial charge is 0.331 e. The fraction of sp³-hybridized carbons (Fsp3) is 0.579. The molecular formula is C19H27NO7. The van der Waals surface area contributed by atoms with Crippen molar-refractivity contribution in [3.63, 3.8) is 0 Å². The van der Waals surface area contributed by atoms with E-state index in [1.54, 1.807) is 6.92 Å². The monoisotopic (exact) mass is 381 g/mol. The Hall–Kier alpha value is -2.48. The summed E-state index contributed by atoms with van der Waals surface area (Å²) in [7, 11) is 0. The number of carbonyl (C=O) groups excluding carboxylic acids is 4. The number of carbonyl (C=O) groups is 4. The van der Waals surface area contributed by atoms with Gasteiger partial charge < -0.3 is 20.3 Å². The van der Waals surface area contributed by atoms with Crippen molar-refractivity contribution < 1.29 is 34.1 Å². The normalized spacial score (nSPS) is 17.9. The molecule has 0 saturated carbocycles. The molecule has 0 fully saturated rings. The first-order valence-electron chi connectivity index (χ1n) is 8.85. The van der Waals surface area contributed by atoms with Crippen molar-refractivity contribution in [3.05, 3.63) is 23.6 Å². The number of aliphatic hydroxyl groups is 2. The number of Topliss-reactive ketones (excluding diaryl/α,β-unsaturated/α-hetero) is 2. The van der Waals surface area contributed by atoms with Crippen LogP contribution in [-0.2, 0) is 23.9 Å². The van der Waals surface area contributed by atoms with Gasteiger partial charge in [-0.05, 0) is 12.8 Å². The summed E-state index contributed by atoms with van der Waals surface area (Å²) in [6, 6.07) is 0. The lowest BCUT2D eigenvalue weighted by molar-refractivity contribution is -0.150. The zero-order chi connectivity index (χ0) is 20.7. The molecule has 3 unspecified atom stereocenters. The molecule has 150 valence electrons. The third-order valence-electron chi connectivity index (χ3n) is 4.34. The number of rotatable bonds is 9. The van der Waals surface area contributed by atoms with Crippen LogP contribution >= 0.6 is 0 Å². The van der Waals surface area contributed by atoms with E-state index in [4.69, 9.17) is 4.74 Å². The summed E-state index contributed by atoms with van der Waals surface area (Å²) in [6.07, 6.45) is 0.391. The van der Waals surface area contributed by atoms with Crippen LogP contribution in [0.1, 0.15) is 47.0 Å². The lowest BCUT2D eigenvalue weighted by Crippen LogP contribution is -2.37. The molecule has 27 heavy (non-hydrogen) atoms. The van der Waals surface area contributed by atoms with Gasteiger partial charge in [0, 0.05) is 37.3 Å². The Morgan fingerprint density at radius 2 is 1.81 bits per heavy atom. The first-order valence-corrected chi connectivity index (χ1v) is 8.85. The van der Waals surface area contributed by atoms with Crippen molar-refractivity contribution in [2.24, 2.45) is 11.8 Å². The summed E-state index contributed by atoms with van der Waals surface area (Å²) >= 11 is 0. The standard InChI is InChI=1S/C19H27NO7/c1-10(2)19(26)12(4)15(9-11(3)21)27-17(25)8-7-16(24)20-18-13(22)5-6-14(18)23/h7-8,10,12,15,19,22,26H,5-6,9H2,1-4H3,(H,20,24)/b8-7+. The highest BCUT2D eigenvalue weighted by Crippen LogP contribution is 2.21. The third kappa shape index (κ3) is 6.97. The maximum absolute atomic E-state index is 12.0. The molecule has 0 heterocycles. The van der Waals surface area contributed by atoms with E-state index in [1.165, 1.54) is 6.92 Å². The van der Waals surface area contributed by atoms with Gasteiger partial charge in [-0.25, -0.2) is 4.79 Å². The predicted molar refractivity (Wildman–Crippen MR) is 96.4 cm³/mol. The van der Waals surface area contributed by atoms with Gasteiger partial charge in [-0.1, -0.05) is 20.8 Å². The van der Waals surface area contributed by atoms with Gasteiger partial charge in [0.1, 0.15) is 23.3 Å². The topological polar surface area (TPSA) is 130 Å². The van der Waals surface area contributed by atoms with Crippen LogP contribution in [0.15, 0.2) is 23.6 Å². The van der Waals surface area contributed by atoms with Crippen molar-refractivity contribution in [1.82, 2.24) is 5.32 Å². The molecule has 1 aliphatic rings. The molecule has 0 saturated heterocycles. The lowest BCUT2D eigenvalue weighted by atomic mass is 9.88. The maximum Gasteiger partial charge on any atom is 0.331 e. The van der Waals surface area contributed by atoms with Crippen molar-refractivity contribution in [1.29, 1.82) is 0 Å². The van der Waals surface area contributed by atoms with E-state index in [-0.39, 0.29) is 48.2 Å². The van der Waals surface area contributed by atoms with Crippen molar-refractivity contribution in [2.45, 2.75) is 59.2 Å². The van der Waals surface area contributed by atoms with Crippen LogP contribution in [0, 0.1) is 11.8 Å². The zero-order valence-electron chi connectivity index (χ0n) is 16.0. The van der Waals surface area contributed by atoms with Crippen LogP contribution in [0.4, 0.5) is 0 Å². The number of ketones is 2. The van der Waals surface area contributed by atoms with E-state index in [0.717, 1.165) is 12.2 Å². The molecule has 0 aromatic carbocycles. The van der Waals surface area contributed by atoms with Gasteiger partial charge in [-0.3, -0.25) is 14.4 Å². The van der Waals surface area contributed by atoms with E-state index in [2.05, 4.69) is 5.32 Å². The van der Waals surface area contributed by atoms with Gasteiger partial charge >= 0.3 is 5.97 Å². The second-order valence-corrected chi connectivity index (χ2v) is 7.04. The van der Waals surface area contributed by atoms with Crippen LogP contribution in [0.3, 0.4) is 0 Å². The van der Waals surface area contributed by atoms with Crippen LogP contribution in [-0.4, -0.2) is 45.9 Å². The Labute approximate surface area is 158 Å². The number of esters is 1. The molecule has 8 nitrogen and oxygen atoms in total. The van der Waals surface area contributed by atoms with E-state index in [0.29, 0.717) is 0 Å². The summed E-state index contributed by atoms with van der Waals surface area (Å²) in [6.45, 7) is 6.67. The number of hydrogen-bond acceptors (Lipinski definition) is 7. The summed E-state index contributed by atoms with van der Waals surface area (Å²) in [5, 5.41) is 21.9. The summed E-state index contributed by atoms with van der Waals surface area (Å²) in [5.41, 5.74) is -0.166. The molecule has 1 rings (SSSR count). The molecule has 3 N–H and O–H groups in total. The fourth-order valence-corrected chi connectivity index (χ4v) is 2.73. The zero-order valence-corrected chi connectivity index (χ0v) is 16.0. The number of allylic oxidation sites excluding steroid dienone is 2. The van der Waals surface area contributed by atoms with Gasteiger partial charge in [-0.15, -0.1) is 0 Å². The van der Waals surface area contributed by atoms with E-state index in [1.807, 2.05) is 13.8 Å². The second kappa shape index (κ2) is 10.0. The second-order valence-electron chi connectivity index (χ2n) is 7.04. The minimum Gasteiger partial charge on any atom is -0.510 e. The van der Waals surface area contributed by atoms with Gasteiger partial charge in [0.05, 0.1) is 6.10 Å². The van der Waals surface area contributed by atoms with Crippen molar-refractivity contribution in [3.8, 4) is 0 Å². The molecule has 0 aromatic heterocycles. The van der Waals surface area contributed by atoms with Gasteiger partial charge in [-0.2, -0.15) is 0 Å². The van der Waals surface area contributed by atoms with Gasteiger partial charge in [0.15, 0.2) is 5.78 Å². The highest BCUT2D eigenvalue weighted by atomic mass is 16.5. The minimum atomic E-state index is -0.852. The van der Waals surface area contributed by atoms with Gasteiger partial charge in [0.2, 0.25) is 5.91 Å². The first kappa shape index (κ1) is 22.6. The van der Waals surface area contributed by atoms with Crippen molar-refractivity contribution in [2.75, 3.05) is 0 Å². The molecule has 0 aromatic rings. The molecule has 0 spiro atoms. The van der Waals surface area contributed by atoms with E-state index in [9.17, 15) is 29.4 Å². The number of ether oxygens (including phenoxy) is 1.